The molecule has 0 saturated heterocycles. The van der Waals surface area contributed by atoms with Crippen molar-refractivity contribution in [2.24, 2.45) is 0 Å². The van der Waals surface area contributed by atoms with Gasteiger partial charge in [-0.1, -0.05) is 19.1 Å². The average Bonchev–Trinajstić information content (AvgIpc) is 2.66. The molecule has 0 spiro atoms. The highest BCUT2D eigenvalue weighted by atomic mass is 32.2. The van der Waals surface area contributed by atoms with E-state index in [2.05, 4.69) is 18.1 Å². The van der Waals surface area contributed by atoms with Crippen LogP contribution in [0.3, 0.4) is 0 Å². The lowest BCUT2D eigenvalue weighted by atomic mass is 10.3. The molecule has 1 N–H and O–H groups in total. The van der Waals surface area contributed by atoms with Gasteiger partial charge in [0.25, 0.3) is 0 Å². The second kappa shape index (κ2) is 4.40. The van der Waals surface area contributed by atoms with Gasteiger partial charge >= 0.3 is 0 Å². The van der Waals surface area contributed by atoms with E-state index in [4.69, 9.17) is 0 Å². The normalized spacial score (nSPS) is 10.5. The Morgan fingerprint density at radius 1 is 1.40 bits per heavy atom. The van der Waals surface area contributed by atoms with Gasteiger partial charge in [-0.15, -0.1) is 11.8 Å². The Kier molecular flexibility index (Phi) is 2.97. The van der Waals surface area contributed by atoms with E-state index in [9.17, 15) is 5.11 Å². The van der Waals surface area contributed by atoms with E-state index >= 15 is 0 Å². The molecule has 1 heterocycles. The van der Waals surface area contributed by atoms with Crippen LogP contribution >= 0.6 is 11.8 Å². The summed E-state index contributed by atoms with van der Waals surface area (Å²) in [5, 5.41) is 13.3. The van der Waals surface area contributed by atoms with Crippen molar-refractivity contribution in [2.75, 3.05) is 5.75 Å². The summed E-state index contributed by atoms with van der Waals surface area (Å²) >= 11 is 1.76. The minimum Gasteiger partial charge on any atom is -0.505 e. The molecule has 0 radical (unpaired) electrons. The molecule has 78 valence electrons. The van der Waals surface area contributed by atoms with Gasteiger partial charge in [-0.05, 0) is 17.9 Å². The molecule has 0 bridgehead atoms. The third-order valence-electron chi connectivity index (χ3n) is 1.98. The maximum absolute atomic E-state index is 9.25. The second-order valence-corrected chi connectivity index (χ2v) is 4.35. The van der Waals surface area contributed by atoms with Crippen LogP contribution in [0.1, 0.15) is 6.92 Å². The Morgan fingerprint density at radius 3 is 2.87 bits per heavy atom. The fraction of sp³-hybridized carbons (Fsp3) is 0.182. The summed E-state index contributed by atoms with van der Waals surface area (Å²) in [6.45, 7) is 2.11. The summed E-state index contributed by atoms with van der Waals surface area (Å²) < 4.78 is 1.69. The van der Waals surface area contributed by atoms with Gasteiger partial charge in [-0.2, -0.15) is 5.10 Å². The standard InChI is InChI=1S/C11H12N2OS/c1-2-15-11-6-4-3-5-10(11)13-8-9(14)7-12-13/h3-8,14H,2H2,1H3. The van der Waals surface area contributed by atoms with Gasteiger partial charge in [-0.25, -0.2) is 4.68 Å². The van der Waals surface area contributed by atoms with Crippen LogP contribution in [0.15, 0.2) is 41.6 Å². The molecule has 2 aromatic rings. The third kappa shape index (κ3) is 2.15. The average molecular weight is 220 g/mol. The number of thioether (sulfide) groups is 1. The molecular formula is C11H12N2OS. The van der Waals surface area contributed by atoms with E-state index in [-0.39, 0.29) is 5.75 Å². The van der Waals surface area contributed by atoms with Gasteiger partial charge in [-0.3, -0.25) is 0 Å². The van der Waals surface area contributed by atoms with Crippen molar-refractivity contribution in [3.63, 3.8) is 0 Å². The van der Waals surface area contributed by atoms with Crippen LogP contribution in [0, 0.1) is 0 Å². The predicted molar refractivity (Wildman–Crippen MR) is 61.6 cm³/mol. The summed E-state index contributed by atoms with van der Waals surface area (Å²) in [4.78, 5) is 1.17. The molecule has 3 nitrogen and oxygen atoms in total. The lowest BCUT2D eigenvalue weighted by Gasteiger charge is -2.07. The van der Waals surface area contributed by atoms with Crippen molar-refractivity contribution < 1.29 is 5.11 Å². The molecule has 1 aromatic heterocycles. The van der Waals surface area contributed by atoms with E-state index in [1.165, 1.54) is 11.1 Å². The Morgan fingerprint density at radius 2 is 2.20 bits per heavy atom. The number of hydrogen-bond acceptors (Lipinski definition) is 3. The SMILES string of the molecule is CCSc1ccccc1-n1cc(O)cn1. The van der Waals surface area contributed by atoms with Gasteiger partial charge in [0.15, 0.2) is 5.75 Å². The number of rotatable bonds is 3. The van der Waals surface area contributed by atoms with Gasteiger partial charge in [0.2, 0.25) is 0 Å². The van der Waals surface area contributed by atoms with Crippen LogP contribution in [0.4, 0.5) is 0 Å². The summed E-state index contributed by atoms with van der Waals surface area (Å²) in [6, 6.07) is 8.02. The zero-order valence-electron chi connectivity index (χ0n) is 8.42. The topological polar surface area (TPSA) is 38.0 Å². The number of hydrogen-bond donors (Lipinski definition) is 1. The van der Waals surface area contributed by atoms with Crippen LogP contribution in [0.25, 0.3) is 5.69 Å². The lowest BCUT2D eigenvalue weighted by molar-refractivity contribution is 0.475. The van der Waals surface area contributed by atoms with E-state index in [0.717, 1.165) is 11.4 Å². The number of nitrogens with zero attached hydrogens (tertiary/aromatic N) is 2. The van der Waals surface area contributed by atoms with Gasteiger partial charge in [0.05, 0.1) is 18.1 Å². The highest BCUT2D eigenvalue weighted by Crippen LogP contribution is 2.25. The molecule has 0 amide bonds. The zero-order valence-corrected chi connectivity index (χ0v) is 9.24. The van der Waals surface area contributed by atoms with Crippen LogP contribution in [-0.4, -0.2) is 20.6 Å². The summed E-state index contributed by atoms with van der Waals surface area (Å²) in [7, 11) is 0. The maximum atomic E-state index is 9.25. The first-order valence-electron chi connectivity index (χ1n) is 4.77. The molecule has 0 atom stereocenters. The minimum atomic E-state index is 0.186. The quantitative estimate of drug-likeness (QED) is 0.808. The van der Waals surface area contributed by atoms with Crippen LogP contribution < -0.4 is 0 Å². The fourth-order valence-corrected chi connectivity index (χ4v) is 2.16. The lowest BCUT2D eigenvalue weighted by Crippen LogP contribution is -1.96. The van der Waals surface area contributed by atoms with Gasteiger partial charge in [0.1, 0.15) is 0 Å². The van der Waals surface area contributed by atoms with Gasteiger partial charge < -0.3 is 5.11 Å². The Hall–Kier alpha value is -1.42. The van der Waals surface area contributed by atoms with Crippen LogP contribution in [-0.2, 0) is 0 Å². The minimum absolute atomic E-state index is 0.186. The monoisotopic (exact) mass is 220 g/mol. The Bertz CT molecular complexity index is 453. The first-order chi connectivity index (χ1) is 7.31. The smallest absolute Gasteiger partial charge is 0.153 e. The second-order valence-electron chi connectivity index (χ2n) is 3.04. The highest BCUT2D eigenvalue weighted by molar-refractivity contribution is 7.99. The molecule has 4 heteroatoms. The third-order valence-corrected chi connectivity index (χ3v) is 2.93. The number of aromatic hydroxyl groups is 1. The maximum Gasteiger partial charge on any atom is 0.153 e. The first kappa shape index (κ1) is 10.1. The highest BCUT2D eigenvalue weighted by Gasteiger charge is 2.04. The zero-order chi connectivity index (χ0) is 10.7. The van der Waals surface area contributed by atoms with Crippen molar-refractivity contribution >= 4 is 11.8 Å². The van der Waals surface area contributed by atoms with E-state index in [1.807, 2.05) is 18.2 Å². The molecule has 15 heavy (non-hydrogen) atoms. The van der Waals surface area contributed by atoms with E-state index < -0.39 is 0 Å². The molecule has 2 rings (SSSR count). The van der Waals surface area contributed by atoms with E-state index in [0.29, 0.717) is 0 Å². The summed E-state index contributed by atoms with van der Waals surface area (Å²) in [6.07, 6.45) is 3.04. The van der Waals surface area contributed by atoms with Crippen LogP contribution in [0.2, 0.25) is 0 Å². The molecular weight excluding hydrogens is 208 g/mol. The number of aromatic nitrogens is 2. The Balaban J connectivity index is 2.42. The predicted octanol–water partition coefficient (Wildman–Crippen LogP) is 2.69. The number of para-hydroxylation sites is 1. The summed E-state index contributed by atoms with van der Waals surface area (Å²) in [5.74, 6) is 1.20. The first-order valence-corrected chi connectivity index (χ1v) is 5.75. The molecule has 0 saturated carbocycles. The van der Waals surface area contributed by atoms with E-state index in [1.54, 1.807) is 22.6 Å². The van der Waals surface area contributed by atoms with Crippen LogP contribution in [0.5, 0.6) is 5.75 Å². The van der Waals surface area contributed by atoms with Gasteiger partial charge in [0, 0.05) is 4.90 Å². The molecule has 0 fully saturated rings. The van der Waals surface area contributed by atoms with Crippen molar-refractivity contribution in [1.29, 1.82) is 0 Å². The van der Waals surface area contributed by atoms with Crippen molar-refractivity contribution in [1.82, 2.24) is 9.78 Å². The van der Waals surface area contributed by atoms with Crippen molar-refractivity contribution in [3.05, 3.63) is 36.7 Å². The van der Waals surface area contributed by atoms with Crippen molar-refractivity contribution in [2.45, 2.75) is 11.8 Å². The molecule has 0 aliphatic carbocycles. The van der Waals surface area contributed by atoms with Crippen molar-refractivity contribution in [3.8, 4) is 11.4 Å². The molecule has 0 unspecified atom stereocenters. The largest absolute Gasteiger partial charge is 0.505 e. The summed E-state index contributed by atoms with van der Waals surface area (Å²) in [5.41, 5.74) is 1.00. The molecule has 0 aliphatic heterocycles. The number of benzene rings is 1. The fourth-order valence-electron chi connectivity index (χ4n) is 1.37. The molecule has 0 aliphatic rings. The Labute approximate surface area is 92.7 Å². The molecule has 1 aromatic carbocycles.